The van der Waals surface area contributed by atoms with E-state index >= 15 is 0 Å². The minimum Gasteiger partial charge on any atom is -0.279 e. The Hall–Kier alpha value is -1.55. The summed E-state index contributed by atoms with van der Waals surface area (Å²) in [6, 6.07) is 9.03. The quantitative estimate of drug-likeness (QED) is 0.334. The Balaban J connectivity index is 2.92. The van der Waals surface area contributed by atoms with Gasteiger partial charge in [0.25, 0.3) is 0 Å². The minimum absolute atomic E-state index is 0.117. The molecular formula is C10H8O. The molecule has 11 heavy (non-hydrogen) atoms. The van der Waals surface area contributed by atoms with Crippen LogP contribution in [0, 0.1) is 11.8 Å². The molecule has 1 rings (SSSR count). The number of carbonyl (C=O) groups excluding carboxylic acids is 1. The van der Waals surface area contributed by atoms with Gasteiger partial charge in [0.1, 0.15) is 0 Å². The smallest absolute Gasteiger partial charge is 0.235 e. The zero-order chi connectivity index (χ0) is 8.10. The van der Waals surface area contributed by atoms with Crippen molar-refractivity contribution in [3.63, 3.8) is 0 Å². The van der Waals surface area contributed by atoms with Crippen LogP contribution in [0.5, 0.6) is 0 Å². The average Bonchev–Trinajstić information content (AvgIpc) is 2.07. The van der Waals surface area contributed by atoms with Crippen LogP contribution in [0.3, 0.4) is 0 Å². The van der Waals surface area contributed by atoms with Crippen molar-refractivity contribution in [2.45, 2.75) is 6.92 Å². The summed E-state index contributed by atoms with van der Waals surface area (Å²) in [5, 5.41) is 0. The van der Waals surface area contributed by atoms with E-state index in [2.05, 4.69) is 11.8 Å². The molecule has 1 heteroatoms. The second-order valence-electron chi connectivity index (χ2n) is 2.07. The molecule has 0 aliphatic rings. The third kappa shape index (κ3) is 1.94. The van der Waals surface area contributed by atoms with E-state index in [1.165, 1.54) is 0 Å². The zero-order valence-corrected chi connectivity index (χ0v) is 6.29. The molecule has 0 aliphatic carbocycles. The molecule has 0 unspecified atom stereocenters. The first-order chi connectivity index (χ1) is 5.34. The first kappa shape index (κ1) is 7.56. The van der Waals surface area contributed by atoms with Crippen molar-refractivity contribution in [3.05, 3.63) is 35.9 Å². The van der Waals surface area contributed by atoms with Crippen LogP contribution in [0.4, 0.5) is 0 Å². The molecule has 0 fully saturated rings. The molecule has 0 aromatic heterocycles. The van der Waals surface area contributed by atoms with Crippen molar-refractivity contribution in [2.75, 3.05) is 0 Å². The van der Waals surface area contributed by atoms with Crippen LogP contribution < -0.4 is 0 Å². The fourth-order valence-corrected chi connectivity index (χ4v) is 0.775. The van der Waals surface area contributed by atoms with Gasteiger partial charge in [0, 0.05) is 5.56 Å². The summed E-state index contributed by atoms with van der Waals surface area (Å²) in [6.45, 7) is 1.65. The summed E-state index contributed by atoms with van der Waals surface area (Å²) >= 11 is 0. The van der Waals surface area contributed by atoms with Gasteiger partial charge in [-0.25, -0.2) is 0 Å². The molecule has 1 aromatic rings. The molecule has 0 N–H and O–H groups in total. The van der Waals surface area contributed by atoms with Crippen molar-refractivity contribution in [2.24, 2.45) is 0 Å². The molecule has 0 atom stereocenters. The molecule has 0 spiro atoms. The molecule has 0 bridgehead atoms. The first-order valence-corrected chi connectivity index (χ1v) is 3.36. The van der Waals surface area contributed by atoms with E-state index in [0.29, 0.717) is 5.56 Å². The van der Waals surface area contributed by atoms with E-state index in [1.54, 1.807) is 19.1 Å². The molecule has 1 nitrogen and oxygen atoms in total. The van der Waals surface area contributed by atoms with E-state index in [1.807, 2.05) is 18.2 Å². The maximum atomic E-state index is 11.1. The predicted molar refractivity (Wildman–Crippen MR) is 44.2 cm³/mol. The summed E-state index contributed by atoms with van der Waals surface area (Å²) in [5.41, 5.74) is 0.654. The third-order valence-electron chi connectivity index (χ3n) is 1.27. The zero-order valence-electron chi connectivity index (χ0n) is 6.29. The lowest BCUT2D eigenvalue weighted by molar-refractivity contribution is 0.105. The Morgan fingerprint density at radius 2 is 1.91 bits per heavy atom. The molecule has 0 amide bonds. The van der Waals surface area contributed by atoms with Gasteiger partial charge in [-0.05, 0) is 12.8 Å². The summed E-state index contributed by atoms with van der Waals surface area (Å²) < 4.78 is 0. The number of rotatable bonds is 1. The highest BCUT2D eigenvalue weighted by atomic mass is 16.1. The van der Waals surface area contributed by atoms with Gasteiger partial charge in [0.2, 0.25) is 5.78 Å². The van der Waals surface area contributed by atoms with Crippen LogP contribution in [0.25, 0.3) is 0 Å². The molecule has 0 radical (unpaired) electrons. The van der Waals surface area contributed by atoms with Crippen molar-refractivity contribution >= 4 is 5.78 Å². The SMILES string of the molecule is CC#CC(=O)c1ccccc1. The van der Waals surface area contributed by atoms with E-state index < -0.39 is 0 Å². The topological polar surface area (TPSA) is 17.1 Å². The van der Waals surface area contributed by atoms with Gasteiger partial charge < -0.3 is 0 Å². The fraction of sp³-hybridized carbons (Fsp3) is 0.100. The molecule has 0 saturated carbocycles. The summed E-state index contributed by atoms with van der Waals surface area (Å²) in [5.74, 6) is 4.92. The van der Waals surface area contributed by atoms with Gasteiger partial charge in [-0.15, -0.1) is 0 Å². The maximum Gasteiger partial charge on any atom is 0.235 e. The average molecular weight is 144 g/mol. The maximum absolute atomic E-state index is 11.1. The van der Waals surface area contributed by atoms with Crippen LogP contribution in [0.15, 0.2) is 30.3 Å². The number of ketones is 1. The lowest BCUT2D eigenvalue weighted by Gasteiger charge is -1.89. The highest BCUT2D eigenvalue weighted by Gasteiger charge is 1.97. The van der Waals surface area contributed by atoms with Crippen LogP contribution in [0.2, 0.25) is 0 Å². The number of hydrogen-bond donors (Lipinski definition) is 0. The Morgan fingerprint density at radius 1 is 1.27 bits per heavy atom. The monoisotopic (exact) mass is 144 g/mol. The molecular weight excluding hydrogens is 136 g/mol. The number of hydrogen-bond acceptors (Lipinski definition) is 1. The second kappa shape index (κ2) is 3.58. The number of Topliss-reactive ketones (excluding diaryl/α,β-unsaturated/α-hetero) is 1. The fourth-order valence-electron chi connectivity index (χ4n) is 0.775. The van der Waals surface area contributed by atoms with Crippen molar-refractivity contribution in [1.29, 1.82) is 0 Å². The molecule has 1 aromatic carbocycles. The highest BCUT2D eigenvalue weighted by Crippen LogP contribution is 1.97. The van der Waals surface area contributed by atoms with Gasteiger partial charge >= 0.3 is 0 Å². The van der Waals surface area contributed by atoms with E-state index in [0.717, 1.165) is 0 Å². The lowest BCUT2D eigenvalue weighted by atomic mass is 10.1. The van der Waals surface area contributed by atoms with Gasteiger partial charge in [-0.3, -0.25) is 4.79 Å². The van der Waals surface area contributed by atoms with Gasteiger partial charge in [0.15, 0.2) is 0 Å². The van der Waals surface area contributed by atoms with Crippen LogP contribution in [-0.2, 0) is 0 Å². The minimum atomic E-state index is -0.117. The van der Waals surface area contributed by atoms with Crippen molar-refractivity contribution < 1.29 is 4.79 Å². The van der Waals surface area contributed by atoms with Crippen LogP contribution in [0.1, 0.15) is 17.3 Å². The summed E-state index contributed by atoms with van der Waals surface area (Å²) in [7, 11) is 0. The Morgan fingerprint density at radius 3 is 2.45 bits per heavy atom. The van der Waals surface area contributed by atoms with Gasteiger partial charge in [0.05, 0.1) is 0 Å². The normalized spacial score (nSPS) is 8.09. The first-order valence-electron chi connectivity index (χ1n) is 3.36. The summed E-state index contributed by atoms with van der Waals surface area (Å²) in [4.78, 5) is 11.1. The summed E-state index contributed by atoms with van der Waals surface area (Å²) in [6.07, 6.45) is 0. The molecule has 54 valence electrons. The van der Waals surface area contributed by atoms with Crippen molar-refractivity contribution in [3.8, 4) is 11.8 Å². The Kier molecular flexibility index (Phi) is 2.46. The Bertz CT molecular complexity index is 301. The second-order valence-corrected chi connectivity index (χ2v) is 2.07. The van der Waals surface area contributed by atoms with E-state index in [9.17, 15) is 4.79 Å². The standard InChI is InChI=1S/C10H8O/c1-2-6-10(11)9-7-4-3-5-8-9/h3-5,7-8H,1H3. The van der Waals surface area contributed by atoms with Crippen LogP contribution >= 0.6 is 0 Å². The Labute approximate surface area is 66.1 Å². The lowest BCUT2D eigenvalue weighted by Crippen LogP contribution is -1.92. The third-order valence-corrected chi connectivity index (χ3v) is 1.27. The number of benzene rings is 1. The van der Waals surface area contributed by atoms with Gasteiger partial charge in [-0.2, -0.15) is 0 Å². The molecule has 0 heterocycles. The largest absolute Gasteiger partial charge is 0.279 e. The molecule has 0 saturated heterocycles. The van der Waals surface area contributed by atoms with Crippen LogP contribution in [-0.4, -0.2) is 5.78 Å². The molecule has 0 aliphatic heterocycles. The highest BCUT2D eigenvalue weighted by molar-refractivity contribution is 6.08. The number of carbonyl (C=O) groups is 1. The predicted octanol–water partition coefficient (Wildman–Crippen LogP) is 1.89. The van der Waals surface area contributed by atoms with Gasteiger partial charge in [-0.1, -0.05) is 36.3 Å². The van der Waals surface area contributed by atoms with E-state index in [-0.39, 0.29) is 5.78 Å². The van der Waals surface area contributed by atoms with Crippen molar-refractivity contribution in [1.82, 2.24) is 0 Å². The van der Waals surface area contributed by atoms with E-state index in [4.69, 9.17) is 0 Å².